The lowest BCUT2D eigenvalue weighted by Crippen LogP contribution is -2.29. The first-order chi connectivity index (χ1) is 15.2. The summed E-state index contributed by atoms with van der Waals surface area (Å²) in [5.41, 5.74) is 0.447. The molecule has 32 heavy (non-hydrogen) atoms. The maximum Gasteiger partial charge on any atom is 0.308 e. The third-order valence-corrected chi connectivity index (χ3v) is 5.78. The molecule has 12 heteroatoms. The molecule has 0 radical (unpaired) electrons. The third-order valence-electron chi connectivity index (χ3n) is 4.45. The Kier molecular flexibility index (Phi) is 7.05. The lowest BCUT2D eigenvalue weighted by molar-refractivity contribution is -0.154. The van der Waals surface area contributed by atoms with Gasteiger partial charge in [0, 0.05) is 31.4 Å². The minimum absolute atomic E-state index is 0.143. The quantitative estimate of drug-likeness (QED) is 0.457. The Labute approximate surface area is 184 Å². The number of imidazole rings is 1. The van der Waals surface area contributed by atoms with Gasteiger partial charge in [0.15, 0.2) is 10.8 Å². The molecule has 0 saturated heterocycles. The number of hydrogen-bond acceptors (Lipinski definition) is 8. The van der Waals surface area contributed by atoms with E-state index in [9.17, 15) is 18.0 Å². The van der Waals surface area contributed by atoms with Crippen LogP contribution in [0.5, 0.6) is 0 Å². The van der Waals surface area contributed by atoms with Crippen molar-refractivity contribution in [1.82, 2.24) is 19.4 Å². The Bertz CT molecular complexity index is 1180. The van der Waals surface area contributed by atoms with E-state index in [1.165, 1.54) is 12.3 Å². The Morgan fingerprint density at radius 2 is 1.94 bits per heavy atom. The van der Waals surface area contributed by atoms with Gasteiger partial charge in [0.2, 0.25) is 6.10 Å². The number of carbonyl (C=O) groups is 2. The summed E-state index contributed by atoms with van der Waals surface area (Å²) in [6.07, 6.45) is -0.169. The fraction of sp³-hybridized carbons (Fsp3) is 0.300. The molecule has 11 nitrogen and oxygen atoms in total. The summed E-state index contributed by atoms with van der Waals surface area (Å²) in [7, 11) is -2.21. The maximum absolute atomic E-state index is 12.7. The van der Waals surface area contributed by atoms with Crippen LogP contribution in [0.15, 0.2) is 52.1 Å². The van der Waals surface area contributed by atoms with E-state index in [0.717, 1.165) is 0 Å². The zero-order valence-electron chi connectivity index (χ0n) is 17.7. The molecule has 0 fully saturated rings. The van der Waals surface area contributed by atoms with Crippen molar-refractivity contribution in [3.8, 4) is 0 Å². The molecule has 0 aliphatic rings. The number of ether oxygens (including phenoxy) is 1. The molecule has 1 atom stereocenters. The second kappa shape index (κ2) is 9.75. The van der Waals surface area contributed by atoms with Crippen molar-refractivity contribution in [2.45, 2.75) is 31.4 Å². The smallest absolute Gasteiger partial charge is 0.308 e. The second-order valence-electron chi connectivity index (χ2n) is 6.98. The number of carbonyl (C=O) groups excluding carboxylic acids is 2. The highest BCUT2D eigenvalue weighted by Gasteiger charge is 2.26. The van der Waals surface area contributed by atoms with Crippen molar-refractivity contribution in [3.05, 3.63) is 59.7 Å². The third kappa shape index (κ3) is 5.80. The first-order valence-corrected chi connectivity index (χ1v) is 11.1. The predicted molar refractivity (Wildman–Crippen MR) is 113 cm³/mol. The standard InChI is InChI=1S/C20H23N5O6S/c1-13-11-16(24-31-13)23-20(27)19(15-7-5-4-6-8-15)30-18(26)9-10-21-32(28,29)17-12-25(3)14(2)22-17/h4-8,11-12,19,21H,9-10H2,1-3H3,(H,23,24,27). The van der Waals surface area contributed by atoms with Gasteiger partial charge in [0.25, 0.3) is 15.9 Å². The number of anilines is 1. The molecule has 0 spiro atoms. The van der Waals surface area contributed by atoms with E-state index in [2.05, 4.69) is 20.2 Å². The molecular formula is C20H23N5O6S. The normalized spacial score (nSPS) is 12.3. The summed E-state index contributed by atoms with van der Waals surface area (Å²) in [6, 6.07) is 9.96. The van der Waals surface area contributed by atoms with Crippen molar-refractivity contribution >= 4 is 27.7 Å². The maximum atomic E-state index is 12.7. The fourth-order valence-corrected chi connectivity index (χ4v) is 3.79. The molecule has 2 N–H and O–H groups in total. The van der Waals surface area contributed by atoms with Crippen molar-refractivity contribution in [2.75, 3.05) is 11.9 Å². The van der Waals surface area contributed by atoms with Gasteiger partial charge in [-0.05, 0) is 13.8 Å². The average Bonchev–Trinajstić information content (AvgIpc) is 3.31. The van der Waals surface area contributed by atoms with Gasteiger partial charge in [-0.1, -0.05) is 35.5 Å². The predicted octanol–water partition coefficient (Wildman–Crippen LogP) is 1.62. The molecule has 3 aromatic rings. The average molecular weight is 462 g/mol. The number of amides is 1. The SMILES string of the molecule is Cc1cc(NC(=O)C(OC(=O)CCNS(=O)(=O)c2cn(C)c(C)n2)c2ccccc2)no1. The molecule has 170 valence electrons. The number of benzene rings is 1. The summed E-state index contributed by atoms with van der Waals surface area (Å²) in [6.45, 7) is 3.12. The van der Waals surface area contributed by atoms with Crippen LogP contribution in [0, 0.1) is 13.8 Å². The molecule has 0 saturated carbocycles. The van der Waals surface area contributed by atoms with E-state index in [4.69, 9.17) is 9.26 Å². The number of aromatic nitrogens is 3. The highest BCUT2D eigenvalue weighted by molar-refractivity contribution is 7.89. The van der Waals surface area contributed by atoms with Crippen LogP contribution in [0.2, 0.25) is 0 Å². The van der Waals surface area contributed by atoms with Crippen LogP contribution in [0.4, 0.5) is 5.82 Å². The lowest BCUT2D eigenvalue weighted by Gasteiger charge is -2.17. The van der Waals surface area contributed by atoms with Crippen LogP contribution in [-0.2, 0) is 31.4 Å². The van der Waals surface area contributed by atoms with E-state index in [0.29, 0.717) is 17.1 Å². The van der Waals surface area contributed by atoms with Crippen molar-refractivity contribution in [2.24, 2.45) is 7.05 Å². The van der Waals surface area contributed by atoms with Gasteiger partial charge in [0.1, 0.15) is 11.6 Å². The summed E-state index contributed by atoms with van der Waals surface area (Å²) in [5.74, 6) is -0.164. The first kappa shape index (κ1) is 23.2. The second-order valence-corrected chi connectivity index (χ2v) is 8.69. The van der Waals surface area contributed by atoms with Gasteiger partial charge in [-0.3, -0.25) is 9.59 Å². The zero-order valence-corrected chi connectivity index (χ0v) is 18.5. The Hall–Kier alpha value is -3.51. The van der Waals surface area contributed by atoms with Crippen molar-refractivity contribution in [1.29, 1.82) is 0 Å². The number of nitrogens with one attached hydrogen (secondary N) is 2. The molecule has 1 amide bonds. The van der Waals surface area contributed by atoms with Gasteiger partial charge in [-0.15, -0.1) is 0 Å². The number of nitrogens with zero attached hydrogens (tertiary/aromatic N) is 3. The van der Waals surface area contributed by atoms with Crippen LogP contribution < -0.4 is 10.0 Å². The molecular weight excluding hydrogens is 438 g/mol. The minimum atomic E-state index is -3.88. The van der Waals surface area contributed by atoms with Gasteiger partial charge < -0.3 is 19.1 Å². The first-order valence-electron chi connectivity index (χ1n) is 9.64. The minimum Gasteiger partial charge on any atom is -0.447 e. The Balaban J connectivity index is 1.62. The Morgan fingerprint density at radius 3 is 2.53 bits per heavy atom. The van der Waals surface area contributed by atoms with Crippen LogP contribution in [0.1, 0.15) is 29.7 Å². The van der Waals surface area contributed by atoms with Crippen LogP contribution >= 0.6 is 0 Å². The number of sulfonamides is 1. The molecule has 1 aromatic carbocycles. The van der Waals surface area contributed by atoms with Gasteiger partial charge in [0.05, 0.1) is 6.42 Å². The topological polar surface area (TPSA) is 145 Å². The van der Waals surface area contributed by atoms with Crippen LogP contribution in [-0.4, -0.2) is 41.5 Å². The lowest BCUT2D eigenvalue weighted by atomic mass is 10.1. The van der Waals surface area contributed by atoms with E-state index in [1.54, 1.807) is 55.8 Å². The summed E-state index contributed by atoms with van der Waals surface area (Å²) < 4.78 is 38.8. The van der Waals surface area contributed by atoms with Gasteiger partial charge in [-0.2, -0.15) is 0 Å². The van der Waals surface area contributed by atoms with Crippen LogP contribution in [0.3, 0.4) is 0 Å². The van der Waals surface area contributed by atoms with Crippen LogP contribution in [0.25, 0.3) is 0 Å². The fourth-order valence-electron chi connectivity index (χ4n) is 2.73. The van der Waals surface area contributed by atoms with Gasteiger partial charge >= 0.3 is 5.97 Å². The number of aryl methyl sites for hydroxylation is 3. The highest BCUT2D eigenvalue weighted by Crippen LogP contribution is 2.21. The van der Waals surface area contributed by atoms with Crippen molar-refractivity contribution in [3.63, 3.8) is 0 Å². The molecule has 1 unspecified atom stereocenters. The Morgan fingerprint density at radius 1 is 1.22 bits per heavy atom. The summed E-state index contributed by atoms with van der Waals surface area (Å²) >= 11 is 0. The molecule has 3 rings (SSSR count). The molecule has 0 aliphatic carbocycles. The van der Waals surface area contributed by atoms with E-state index < -0.39 is 28.0 Å². The number of esters is 1. The van der Waals surface area contributed by atoms with Crippen molar-refractivity contribution < 1.29 is 27.3 Å². The zero-order chi connectivity index (χ0) is 23.3. The van der Waals surface area contributed by atoms with E-state index in [-0.39, 0.29) is 23.8 Å². The summed E-state index contributed by atoms with van der Waals surface area (Å²) in [4.78, 5) is 29.1. The molecule has 0 aliphatic heterocycles. The monoisotopic (exact) mass is 461 g/mol. The highest BCUT2D eigenvalue weighted by atomic mass is 32.2. The van der Waals surface area contributed by atoms with E-state index in [1.807, 2.05) is 0 Å². The molecule has 0 bridgehead atoms. The largest absolute Gasteiger partial charge is 0.447 e. The molecule has 2 aromatic heterocycles. The van der Waals surface area contributed by atoms with E-state index >= 15 is 0 Å². The number of hydrogen-bond donors (Lipinski definition) is 2. The number of rotatable bonds is 9. The molecule has 2 heterocycles. The summed E-state index contributed by atoms with van der Waals surface area (Å²) in [5, 5.41) is 6.08. The van der Waals surface area contributed by atoms with Gasteiger partial charge in [-0.25, -0.2) is 18.1 Å².